The summed E-state index contributed by atoms with van der Waals surface area (Å²) in [7, 11) is 0. The number of benzene rings is 1. The highest BCUT2D eigenvalue weighted by Gasteiger charge is 2.43. The average molecular weight is 353 g/mol. The molecule has 1 aliphatic carbocycles. The fourth-order valence-electron chi connectivity index (χ4n) is 3.82. The van der Waals surface area contributed by atoms with E-state index in [2.05, 4.69) is 21.2 Å². The number of carbonyl (C=O) groups excluding carboxylic acids is 1. The molecule has 0 aromatic heterocycles. The van der Waals surface area contributed by atoms with Crippen LogP contribution >= 0.6 is 15.9 Å². The number of nitrogens with one attached hydrogen (secondary N) is 1. The molecule has 0 radical (unpaired) electrons. The van der Waals surface area contributed by atoms with Gasteiger partial charge in [-0.3, -0.25) is 4.79 Å². The van der Waals surface area contributed by atoms with Gasteiger partial charge in [0.25, 0.3) is 5.91 Å². The van der Waals surface area contributed by atoms with Crippen molar-refractivity contribution in [3.05, 3.63) is 27.7 Å². The highest BCUT2D eigenvalue weighted by atomic mass is 79.9. The Hall–Kier alpha value is -1.07. The first kappa shape index (κ1) is 14.9. The number of anilines is 1. The molecule has 4 N–H and O–H groups in total. The lowest BCUT2D eigenvalue weighted by atomic mass is 9.71. The van der Waals surface area contributed by atoms with Crippen LogP contribution in [0.15, 0.2) is 16.6 Å². The summed E-state index contributed by atoms with van der Waals surface area (Å²) in [4.78, 5) is 11.6. The third-order valence-corrected chi connectivity index (χ3v) is 5.70. The van der Waals surface area contributed by atoms with E-state index in [1.807, 2.05) is 19.9 Å². The number of nitrogens with two attached hydrogens (primary N) is 1. The quantitative estimate of drug-likeness (QED) is 0.765. The van der Waals surface area contributed by atoms with Gasteiger partial charge in [-0.15, -0.1) is 0 Å². The Labute approximate surface area is 133 Å². The summed E-state index contributed by atoms with van der Waals surface area (Å²) in [5, 5.41) is 13.8. The van der Waals surface area contributed by atoms with Crippen LogP contribution in [-0.2, 0) is 0 Å². The first-order chi connectivity index (χ1) is 9.79. The molecule has 0 bridgehead atoms. The molecule has 3 rings (SSSR count). The number of halogens is 1. The minimum atomic E-state index is -0.662. The van der Waals surface area contributed by atoms with Gasteiger partial charge >= 0.3 is 0 Å². The Morgan fingerprint density at radius 2 is 2.14 bits per heavy atom. The Kier molecular flexibility index (Phi) is 3.53. The number of hydrogen-bond acceptors (Lipinski definition) is 3. The zero-order valence-electron chi connectivity index (χ0n) is 12.3. The largest absolute Gasteiger partial charge is 0.390 e. The predicted molar refractivity (Wildman–Crippen MR) is 86.5 cm³/mol. The molecule has 1 amide bonds. The highest BCUT2D eigenvalue weighted by molar-refractivity contribution is 9.10. The lowest BCUT2D eigenvalue weighted by Crippen LogP contribution is -2.39. The maximum atomic E-state index is 11.6. The summed E-state index contributed by atoms with van der Waals surface area (Å²) in [5.41, 5.74) is 7.43. The smallest absolute Gasteiger partial charge is 0.250 e. The van der Waals surface area contributed by atoms with Crippen LogP contribution in [0.25, 0.3) is 0 Å². The van der Waals surface area contributed by atoms with Crippen molar-refractivity contribution in [1.29, 1.82) is 0 Å². The number of amides is 1. The lowest BCUT2D eigenvalue weighted by Gasteiger charge is -2.38. The SMILES string of the molecule is CC(C)(O)C1CCC2c3c(Br)ccc(C(N)=O)c3NC2C1. The van der Waals surface area contributed by atoms with Gasteiger partial charge in [0.2, 0.25) is 0 Å². The Morgan fingerprint density at radius 3 is 2.76 bits per heavy atom. The molecular weight excluding hydrogens is 332 g/mol. The van der Waals surface area contributed by atoms with Crippen molar-refractivity contribution in [2.75, 3.05) is 5.32 Å². The third kappa shape index (κ3) is 2.46. The monoisotopic (exact) mass is 352 g/mol. The van der Waals surface area contributed by atoms with E-state index in [1.165, 1.54) is 5.56 Å². The molecule has 0 saturated heterocycles. The van der Waals surface area contributed by atoms with Gasteiger partial charge in [-0.05, 0) is 56.7 Å². The molecule has 0 spiro atoms. The molecule has 4 nitrogen and oxygen atoms in total. The van der Waals surface area contributed by atoms with Gasteiger partial charge in [0.05, 0.1) is 16.9 Å². The fraction of sp³-hybridized carbons (Fsp3) is 0.562. The third-order valence-electron chi connectivity index (χ3n) is 5.01. The van der Waals surface area contributed by atoms with Crippen molar-refractivity contribution in [2.24, 2.45) is 11.7 Å². The molecule has 1 heterocycles. The van der Waals surface area contributed by atoms with Crippen LogP contribution in [0.4, 0.5) is 5.69 Å². The fourth-order valence-corrected chi connectivity index (χ4v) is 4.44. The predicted octanol–water partition coefficient (Wildman–Crippen LogP) is 3.00. The van der Waals surface area contributed by atoms with E-state index in [-0.39, 0.29) is 12.0 Å². The molecule has 3 unspecified atom stereocenters. The zero-order valence-corrected chi connectivity index (χ0v) is 13.9. The topological polar surface area (TPSA) is 75.3 Å². The van der Waals surface area contributed by atoms with Crippen LogP contribution in [0.5, 0.6) is 0 Å². The van der Waals surface area contributed by atoms with Crippen molar-refractivity contribution < 1.29 is 9.90 Å². The minimum absolute atomic E-state index is 0.266. The van der Waals surface area contributed by atoms with Crippen molar-refractivity contribution in [3.8, 4) is 0 Å². The normalized spacial score (nSPS) is 27.7. The van der Waals surface area contributed by atoms with Gasteiger partial charge in [0.1, 0.15) is 0 Å². The molecule has 1 aromatic rings. The summed E-state index contributed by atoms with van der Waals surface area (Å²) in [6.45, 7) is 3.76. The summed E-state index contributed by atoms with van der Waals surface area (Å²) in [6, 6.07) is 3.94. The second-order valence-electron chi connectivity index (χ2n) is 6.77. The van der Waals surface area contributed by atoms with E-state index in [9.17, 15) is 9.90 Å². The summed E-state index contributed by atoms with van der Waals surface area (Å²) in [5.74, 6) is 0.257. The van der Waals surface area contributed by atoms with Crippen LogP contribution in [0.1, 0.15) is 54.9 Å². The molecule has 3 atom stereocenters. The molecule has 5 heteroatoms. The van der Waals surface area contributed by atoms with Crippen LogP contribution in [0.3, 0.4) is 0 Å². The van der Waals surface area contributed by atoms with Crippen molar-refractivity contribution in [3.63, 3.8) is 0 Å². The first-order valence-corrected chi connectivity index (χ1v) is 8.19. The Bertz CT molecular complexity index is 595. The number of fused-ring (bicyclic) bond motifs is 3. The molecule has 1 aliphatic heterocycles. The first-order valence-electron chi connectivity index (χ1n) is 7.40. The number of primary amides is 1. The standard InChI is InChI=1S/C16H21BrN2O2/c1-16(2,21)8-3-4-9-12(7-8)19-14-10(15(18)20)5-6-11(17)13(9)14/h5-6,8-9,12,19,21H,3-4,7H2,1-2H3,(H2,18,20). The van der Waals surface area contributed by atoms with Crippen LogP contribution in [-0.4, -0.2) is 22.7 Å². The van der Waals surface area contributed by atoms with E-state index in [4.69, 9.17) is 5.73 Å². The van der Waals surface area contributed by atoms with E-state index >= 15 is 0 Å². The van der Waals surface area contributed by atoms with Crippen LogP contribution in [0.2, 0.25) is 0 Å². The summed E-state index contributed by atoms with van der Waals surface area (Å²) < 4.78 is 1.03. The maximum Gasteiger partial charge on any atom is 0.250 e. The van der Waals surface area contributed by atoms with E-state index in [0.29, 0.717) is 11.5 Å². The number of carbonyl (C=O) groups is 1. The summed E-state index contributed by atoms with van der Waals surface area (Å²) >= 11 is 3.61. The molecule has 114 valence electrons. The average Bonchev–Trinajstić information content (AvgIpc) is 2.76. The number of aliphatic hydroxyl groups is 1. The van der Waals surface area contributed by atoms with Gasteiger partial charge in [-0.1, -0.05) is 15.9 Å². The Balaban J connectivity index is 1.96. The Morgan fingerprint density at radius 1 is 1.43 bits per heavy atom. The zero-order chi connectivity index (χ0) is 15.4. The number of hydrogen-bond donors (Lipinski definition) is 3. The highest BCUT2D eigenvalue weighted by Crippen LogP contribution is 2.50. The van der Waals surface area contributed by atoms with E-state index < -0.39 is 11.5 Å². The molecule has 1 saturated carbocycles. The van der Waals surface area contributed by atoms with Crippen molar-refractivity contribution in [2.45, 2.75) is 50.7 Å². The van der Waals surface area contributed by atoms with Gasteiger partial charge in [-0.25, -0.2) is 0 Å². The maximum absolute atomic E-state index is 11.6. The summed E-state index contributed by atoms with van der Waals surface area (Å²) in [6.07, 6.45) is 2.92. The van der Waals surface area contributed by atoms with Gasteiger partial charge in [0.15, 0.2) is 0 Å². The minimum Gasteiger partial charge on any atom is -0.390 e. The van der Waals surface area contributed by atoms with E-state index in [1.54, 1.807) is 6.07 Å². The van der Waals surface area contributed by atoms with Gasteiger partial charge in [-0.2, -0.15) is 0 Å². The molecule has 1 fully saturated rings. The number of rotatable bonds is 2. The molecule has 1 aromatic carbocycles. The molecule has 2 aliphatic rings. The van der Waals surface area contributed by atoms with E-state index in [0.717, 1.165) is 29.4 Å². The van der Waals surface area contributed by atoms with Crippen LogP contribution in [0, 0.1) is 5.92 Å². The molecule has 21 heavy (non-hydrogen) atoms. The molecular formula is C16H21BrN2O2. The second-order valence-corrected chi connectivity index (χ2v) is 7.62. The van der Waals surface area contributed by atoms with Gasteiger partial charge < -0.3 is 16.2 Å². The lowest BCUT2D eigenvalue weighted by molar-refractivity contribution is -0.00311. The van der Waals surface area contributed by atoms with Crippen molar-refractivity contribution >= 4 is 27.5 Å². The van der Waals surface area contributed by atoms with Crippen molar-refractivity contribution in [1.82, 2.24) is 0 Å². The van der Waals surface area contributed by atoms with Crippen LogP contribution < -0.4 is 11.1 Å². The van der Waals surface area contributed by atoms with Gasteiger partial charge in [0, 0.05) is 16.4 Å². The second kappa shape index (κ2) is 4.99.